The zero-order valence-corrected chi connectivity index (χ0v) is 24.8. The Morgan fingerprint density at radius 1 is 0.674 bits per heavy atom. The van der Waals surface area contributed by atoms with E-state index in [0.717, 1.165) is 11.1 Å². The minimum Gasteiger partial charge on any atom is -0.508 e. The topological polar surface area (TPSA) is 171 Å². The summed E-state index contributed by atoms with van der Waals surface area (Å²) >= 11 is 1.47. The molecule has 0 heterocycles. The van der Waals surface area contributed by atoms with Crippen molar-refractivity contribution >= 4 is 35.5 Å². The number of nitrogens with one attached hydrogen (secondary N) is 3. The number of rotatable bonds is 16. The highest BCUT2D eigenvalue weighted by Crippen LogP contribution is 2.12. The lowest BCUT2D eigenvalue weighted by Crippen LogP contribution is -2.58. The molecular weight excluding hydrogens is 568 g/mol. The Hall–Kier alpha value is -4.35. The second kappa shape index (κ2) is 16.9. The molecule has 11 heteroatoms. The van der Waals surface area contributed by atoms with Crippen molar-refractivity contribution in [2.45, 2.75) is 49.9 Å². The van der Waals surface area contributed by atoms with Crippen LogP contribution >= 0.6 is 11.8 Å². The first kappa shape index (κ1) is 33.2. The molecule has 0 aliphatic heterocycles. The number of carbonyl (C=O) groups is 4. The molecule has 3 aromatic carbocycles. The quantitative estimate of drug-likeness (QED) is 0.144. The van der Waals surface area contributed by atoms with E-state index in [1.807, 2.05) is 66.9 Å². The zero-order valence-electron chi connectivity index (χ0n) is 23.9. The number of aliphatic carboxylic acids is 1. The summed E-state index contributed by atoms with van der Waals surface area (Å²) in [6.45, 7) is 0. The van der Waals surface area contributed by atoms with E-state index < -0.39 is 47.9 Å². The number of aromatic hydroxyl groups is 1. The molecule has 228 valence electrons. The van der Waals surface area contributed by atoms with E-state index in [1.165, 1.54) is 23.9 Å². The van der Waals surface area contributed by atoms with Gasteiger partial charge < -0.3 is 31.9 Å². The molecule has 10 nitrogen and oxygen atoms in total. The van der Waals surface area contributed by atoms with Gasteiger partial charge in [0, 0.05) is 12.8 Å². The summed E-state index contributed by atoms with van der Waals surface area (Å²) in [6.07, 6.45) is 2.52. The van der Waals surface area contributed by atoms with Gasteiger partial charge in [-0.05, 0) is 53.7 Å². The molecule has 4 unspecified atom stereocenters. The van der Waals surface area contributed by atoms with Crippen molar-refractivity contribution in [1.29, 1.82) is 0 Å². The SMILES string of the molecule is CSCCC(NC(=O)C(Cc1ccccc1)NC(=O)C(N)Cc1ccccc1)C(=O)NC(Cc1ccc(O)cc1)C(=O)O. The normalized spacial score (nSPS) is 13.6. The number of carboxylic acids is 1. The highest BCUT2D eigenvalue weighted by Gasteiger charge is 2.30. The number of benzene rings is 3. The van der Waals surface area contributed by atoms with Crippen LogP contribution in [0.1, 0.15) is 23.1 Å². The molecule has 0 radical (unpaired) electrons. The summed E-state index contributed by atoms with van der Waals surface area (Å²) in [7, 11) is 0. The molecule has 4 atom stereocenters. The first-order valence-electron chi connectivity index (χ1n) is 13.9. The van der Waals surface area contributed by atoms with Crippen LogP contribution in [0.3, 0.4) is 0 Å². The van der Waals surface area contributed by atoms with Gasteiger partial charge in [0.05, 0.1) is 6.04 Å². The summed E-state index contributed by atoms with van der Waals surface area (Å²) < 4.78 is 0. The fourth-order valence-electron chi connectivity index (χ4n) is 4.42. The Balaban J connectivity index is 1.74. The fraction of sp³-hybridized carbons (Fsp3) is 0.312. The van der Waals surface area contributed by atoms with Gasteiger partial charge in [0.25, 0.3) is 0 Å². The lowest BCUT2D eigenvalue weighted by molar-refractivity contribution is -0.142. The number of hydrogen-bond acceptors (Lipinski definition) is 7. The van der Waals surface area contributed by atoms with Gasteiger partial charge in [-0.2, -0.15) is 11.8 Å². The fourth-order valence-corrected chi connectivity index (χ4v) is 4.89. The lowest BCUT2D eigenvalue weighted by atomic mass is 10.0. The maximum atomic E-state index is 13.6. The maximum Gasteiger partial charge on any atom is 0.326 e. The average molecular weight is 607 g/mol. The average Bonchev–Trinajstić information content (AvgIpc) is 3.00. The molecule has 0 aromatic heterocycles. The molecule has 3 rings (SSSR count). The molecule has 0 saturated heterocycles. The van der Waals surface area contributed by atoms with Crippen LogP contribution < -0.4 is 21.7 Å². The molecule has 0 aliphatic rings. The smallest absolute Gasteiger partial charge is 0.326 e. The van der Waals surface area contributed by atoms with Crippen molar-refractivity contribution in [3.8, 4) is 5.75 Å². The summed E-state index contributed by atoms with van der Waals surface area (Å²) in [5.41, 5.74) is 8.46. The summed E-state index contributed by atoms with van der Waals surface area (Å²) in [5.74, 6) is -2.43. The number of hydrogen-bond donors (Lipinski definition) is 6. The van der Waals surface area contributed by atoms with Crippen molar-refractivity contribution in [3.05, 3.63) is 102 Å². The van der Waals surface area contributed by atoms with Gasteiger partial charge in [-0.1, -0.05) is 72.8 Å². The van der Waals surface area contributed by atoms with Crippen LogP contribution in [-0.2, 0) is 38.4 Å². The molecule has 0 bridgehead atoms. The van der Waals surface area contributed by atoms with Crippen LogP contribution in [0.4, 0.5) is 0 Å². The van der Waals surface area contributed by atoms with E-state index in [1.54, 1.807) is 12.1 Å². The van der Waals surface area contributed by atoms with E-state index in [-0.39, 0.29) is 31.4 Å². The number of phenolic OH excluding ortho intramolecular Hbond substituents is 1. The van der Waals surface area contributed by atoms with Crippen molar-refractivity contribution in [1.82, 2.24) is 16.0 Å². The molecule has 0 fully saturated rings. The Labute approximate surface area is 255 Å². The predicted octanol–water partition coefficient (Wildman–Crippen LogP) is 2.04. The summed E-state index contributed by atoms with van der Waals surface area (Å²) in [6, 6.07) is 20.2. The lowest BCUT2D eigenvalue weighted by Gasteiger charge is -2.25. The molecule has 0 aliphatic carbocycles. The number of phenols is 1. The number of amides is 3. The molecule has 3 amide bonds. The highest BCUT2D eigenvalue weighted by atomic mass is 32.2. The van der Waals surface area contributed by atoms with Crippen LogP contribution in [0.25, 0.3) is 0 Å². The molecule has 0 spiro atoms. The molecule has 0 saturated carbocycles. The van der Waals surface area contributed by atoms with Crippen LogP contribution in [-0.4, -0.2) is 70.1 Å². The van der Waals surface area contributed by atoms with Crippen LogP contribution in [0, 0.1) is 0 Å². The largest absolute Gasteiger partial charge is 0.508 e. The van der Waals surface area contributed by atoms with Crippen molar-refractivity contribution in [2.24, 2.45) is 5.73 Å². The monoisotopic (exact) mass is 606 g/mol. The van der Waals surface area contributed by atoms with Crippen molar-refractivity contribution in [3.63, 3.8) is 0 Å². The van der Waals surface area contributed by atoms with Gasteiger partial charge in [0.2, 0.25) is 17.7 Å². The second-order valence-electron chi connectivity index (χ2n) is 10.2. The van der Waals surface area contributed by atoms with Gasteiger partial charge in [-0.3, -0.25) is 14.4 Å². The minimum atomic E-state index is -1.26. The predicted molar refractivity (Wildman–Crippen MR) is 167 cm³/mol. The maximum absolute atomic E-state index is 13.6. The van der Waals surface area contributed by atoms with Gasteiger partial charge in [0.15, 0.2) is 0 Å². The molecule has 7 N–H and O–H groups in total. The van der Waals surface area contributed by atoms with Crippen molar-refractivity contribution < 1.29 is 29.4 Å². The first-order valence-corrected chi connectivity index (χ1v) is 15.3. The Morgan fingerprint density at radius 2 is 1.14 bits per heavy atom. The number of carbonyl (C=O) groups excluding carboxylic acids is 3. The Bertz CT molecular complexity index is 1340. The standard InChI is InChI=1S/C32H38N4O6S/c1-43-17-16-26(30(39)36-28(32(41)42)20-23-12-14-24(37)15-13-23)34-31(40)27(19-22-10-6-3-7-11-22)35-29(38)25(33)18-21-8-4-2-5-9-21/h2-15,25-28,37H,16-20,33H2,1H3,(H,34,40)(H,35,38)(H,36,39)(H,41,42). The second-order valence-corrected chi connectivity index (χ2v) is 11.1. The number of carboxylic acid groups (broad SMARTS) is 1. The van der Waals surface area contributed by atoms with Gasteiger partial charge in [-0.25, -0.2) is 4.79 Å². The van der Waals surface area contributed by atoms with E-state index in [2.05, 4.69) is 16.0 Å². The van der Waals surface area contributed by atoms with E-state index in [4.69, 9.17) is 5.73 Å². The summed E-state index contributed by atoms with van der Waals surface area (Å²) in [4.78, 5) is 52.0. The third-order valence-corrected chi connectivity index (χ3v) is 7.43. The van der Waals surface area contributed by atoms with Crippen LogP contribution in [0.15, 0.2) is 84.9 Å². The van der Waals surface area contributed by atoms with E-state index in [9.17, 15) is 29.4 Å². The van der Waals surface area contributed by atoms with Crippen LogP contribution in [0.5, 0.6) is 5.75 Å². The third kappa shape index (κ3) is 11.1. The zero-order chi connectivity index (χ0) is 31.2. The Morgan fingerprint density at radius 3 is 1.70 bits per heavy atom. The number of nitrogens with two attached hydrogens (primary N) is 1. The minimum absolute atomic E-state index is 0.0173. The number of thioether (sulfide) groups is 1. The van der Waals surface area contributed by atoms with Gasteiger partial charge in [-0.15, -0.1) is 0 Å². The molecule has 3 aromatic rings. The van der Waals surface area contributed by atoms with E-state index in [0.29, 0.717) is 11.3 Å². The van der Waals surface area contributed by atoms with Gasteiger partial charge >= 0.3 is 5.97 Å². The van der Waals surface area contributed by atoms with Crippen molar-refractivity contribution in [2.75, 3.05) is 12.0 Å². The first-order chi connectivity index (χ1) is 20.7. The van der Waals surface area contributed by atoms with E-state index >= 15 is 0 Å². The highest BCUT2D eigenvalue weighted by molar-refractivity contribution is 7.98. The van der Waals surface area contributed by atoms with Crippen LogP contribution in [0.2, 0.25) is 0 Å². The van der Waals surface area contributed by atoms with Gasteiger partial charge in [0.1, 0.15) is 23.9 Å². The molecular formula is C32H38N4O6S. The Kier molecular flexibility index (Phi) is 13.1. The third-order valence-electron chi connectivity index (χ3n) is 6.79. The molecule has 43 heavy (non-hydrogen) atoms. The summed E-state index contributed by atoms with van der Waals surface area (Å²) in [5, 5.41) is 27.3.